The van der Waals surface area contributed by atoms with Gasteiger partial charge in [0.15, 0.2) is 12.2 Å². The maximum Gasteiger partial charge on any atom is 0.472 e. The van der Waals surface area contributed by atoms with Gasteiger partial charge in [-0.2, -0.15) is 0 Å². The lowest BCUT2D eigenvalue weighted by molar-refractivity contribution is -0.161. The fourth-order valence-corrected chi connectivity index (χ4v) is 14.6. The Hall–Kier alpha value is -1.94. The monoisotopic (exact) mass is 1510 g/mol. The fourth-order valence-electron chi connectivity index (χ4n) is 13.1. The van der Waals surface area contributed by atoms with Crippen LogP contribution in [-0.2, 0) is 65.4 Å². The molecule has 0 spiro atoms. The van der Waals surface area contributed by atoms with E-state index in [1.165, 1.54) is 263 Å². The number of aliphatic hydroxyl groups is 1. The van der Waals surface area contributed by atoms with E-state index in [4.69, 9.17) is 37.0 Å². The van der Waals surface area contributed by atoms with Crippen LogP contribution < -0.4 is 0 Å². The van der Waals surface area contributed by atoms with Crippen molar-refractivity contribution in [2.75, 3.05) is 39.6 Å². The summed E-state index contributed by atoms with van der Waals surface area (Å²) in [5.74, 6) is -0.534. The molecule has 17 nitrogen and oxygen atoms in total. The van der Waals surface area contributed by atoms with Crippen LogP contribution in [0.25, 0.3) is 0 Å². The van der Waals surface area contributed by atoms with Gasteiger partial charge in [-0.15, -0.1) is 0 Å². The second-order valence-corrected chi connectivity index (χ2v) is 34.1. The van der Waals surface area contributed by atoms with Crippen LogP contribution in [0.15, 0.2) is 0 Å². The van der Waals surface area contributed by atoms with Crippen molar-refractivity contribution in [1.82, 2.24) is 0 Å². The summed E-state index contributed by atoms with van der Waals surface area (Å²) in [5.41, 5.74) is 0. The van der Waals surface area contributed by atoms with E-state index in [1.54, 1.807) is 0 Å². The first kappa shape index (κ1) is 101. The number of unbranched alkanes of at least 4 members (excludes halogenated alkanes) is 53. The normalized spacial score (nSPS) is 13.9. The molecule has 5 atom stereocenters. The highest BCUT2D eigenvalue weighted by Gasteiger charge is 2.30. The Balaban J connectivity index is 5.26. The lowest BCUT2D eigenvalue weighted by Gasteiger charge is -2.21. The van der Waals surface area contributed by atoms with Crippen molar-refractivity contribution in [3.63, 3.8) is 0 Å². The average molecular weight is 1510 g/mol. The van der Waals surface area contributed by atoms with E-state index in [2.05, 4.69) is 41.5 Å². The number of carbonyl (C=O) groups is 4. The van der Waals surface area contributed by atoms with Crippen molar-refractivity contribution >= 4 is 39.5 Å². The molecule has 19 heteroatoms. The van der Waals surface area contributed by atoms with Crippen molar-refractivity contribution in [2.45, 2.75) is 464 Å². The van der Waals surface area contributed by atoms with Crippen LogP contribution >= 0.6 is 15.6 Å². The molecule has 0 radical (unpaired) electrons. The highest BCUT2D eigenvalue weighted by molar-refractivity contribution is 7.47. The number of aliphatic hydroxyl groups excluding tert-OH is 1. The van der Waals surface area contributed by atoms with Crippen LogP contribution in [0.1, 0.15) is 446 Å². The van der Waals surface area contributed by atoms with Gasteiger partial charge in [-0.3, -0.25) is 37.3 Å². The summed E-state index contributed by atoms with van der Waals surface area (Å²) in [4.78, 5) is 73.2. The molecule has 0 rings (SSSR count). The van der Waals surface area contributed by atoms with Crippen molar-refractivity contribution < 1.29 is 80.2 Å². The predicted molar refractivity (Wildman–Crippen MR) is 423 cm³/mol. The van der Waals surface area contributed by atoms with E-state index in [-0.39, 0.29) is 25.7 Å². The van der Waals surface area contributed by atoms with Gasteiger partial charge in [-0.25, -0.2) is 9.13 Å². The number of phosphoric ester groups is 2. The number of esters is 4. The first-order chi connectivity index (χ1) is 49.9. The molecule has 0 saturated heterocycles. The van der Waals surface area contributed by atoms with Gasteiger partial charge >= 0.3 is 39.5 Å². The van der Waals surface area contributed by atoms with Gasteiger partial charge in [0.1, 0.15) is 19.3 Å². The Morgan fingerprint density at radius 2 is 0.447 bits per heavy atom. The molecule has 0 saturated carbocycles. The zero-order chi connectivity index (χ0) is 75.6. The number of rotatable bonds is 83. The molecule has 0 aromatic rings. The molecule has 0 aromatic carbocycles. The molecule has 0 aromatic heterocycles. The molecule has 2 unspecified atom stereocenters. The Labute approximate surface area is 632 Å². The van der Waals surface area contributed by atoms with Crippen LogP contribution in [0.5, 0.6) is 0 Å². The molecule has 3 N–H and O–H groups in total. The summed E-state index contributed by atoms with van der Waals surface area (Å²) in [7, 11) is -9.93. The molecule has 0 heterocycles. The quantitative estimate of drug-likeness (QED) is 0.0222. The standard InChI is InChI=1S/C84H164O17P2/c1-7-9-11-13-15-17-19-21-22-23-24-27-31-37-43-49-55-61-67-82(87)95-72-79(100-83(88)68-62-56-50-44-38-32-28-25-26-30-34-40-46-52-58-64-76(3)4)74-98-102(90,91)96-70-78(85)71-97-103(92,93)99-75-80(73-94-81(86)66-60-54-48-42-36-29-20-18-16-14-12-10-8-2)101-84(89)69-63-57-51-45-39-33-35-41-47-53-59-65-77(5)6/h76-80,85H,7-75H2,1-6H3,(H,90,91)(H,92,93)/t78-,79-,80-/m1/s1. The maximum absolute atomic E-state index is 13.1. The zero-order valence-corrected chi connectivity index (χ0v) is 69.4. The smallest absolute Gasteiger partial charge is 0.462 e. The van der Waals surface area contributed by atoms with E-state index in [0.29, 0.717) is 25.7 Å². The minimum atomic E-state index is -4.96. The van der Waals surface area contributed by atoms with Gasteiger partial charge in [0, 0.05) is 25.7 Å². The van der Waals surface area contributed by atoms with Crippen molar-refractivity contribution in [1.29, 1.82) is 0 Å². The molecular formula is C84H164O17P2. The van der Waals surface area contributed by atoms with Crippen molar-refractivity contribution in [3.05, 3.63) is 0 Å². The number of ether oxygens (including phenoxy) is 4. The molecule has 0 aliphatic heterocycles. The van der Waals surface area contributed by atoms with E-state index < -0.39 is 97.5 Å². The molecule has 0 aliphatic carbocycles. The lowest BCUT2D eigenvalue weighted by Crippen LogP contribution is -2.30. The number of hydrogen-bond acceptors (Lipinski definition) is 15. The molecular weight excluding hydrogens is 1340 g/mol. The van der Waals surface area contributed by atoms with Gasteiger partial charge in [-0.1, -0.05) is 395 Å². The van der Waals surface area contributed by atoms with E-state index in [0.717, 1.165) is 102 Å². The number of phosphoric acid groups is 2. The predicted octanol–water partition coefficient (Wildman–Crippen LogP) is 25.5. The highest BCUT2D eigenvalue weighted by Crippen LogP contribution is 2.45. The lowest BCUT2D eigenvalue weighted by atomic mass is 10.0. The van der Waals surface area contributed by atoms with Gasteiger partial charge in [0.25, 0.3) is 0 Å². The third-order valence-corrected chi connectivity index (χ3v) is 21.6. The van der Waals surface area contributed by atoms with Gasteiger partial charge in [0.05, 0.1) is 26.4 Å². The van der Waals surface area contributed by atoms with E-state index in [9.17, 15) is 43.2 Å². The van der Waals surface area contributed by atoms with Crippen molar-refractivity contribution in [2.24, 2.45) is 11.8 Å². The molecule has 0 aliphatic rings. The van der Waals surface area contributed by atoms with Crippen LogP contribution in [0, 0.1) is 11.8 Å². The summed E-state index contributed by atoms with van der Waals surface area (Å²) < 4.78 is 68.9. The van der Waals surface area contributed by atoms with Crippen LogP contribution in [0.3, 0.4) is 0 Å². The van der Waals surface area contributed by atoms with E-state index >= 15 is 0 Å². The minimum Gasteiger partial charge on any atom is -0.462 e. The minimum absolute atomic E-state index is 0.107. The topological polar surface area (TPSA) is 237 Å². The summed E-state index contributed by atoms with van der Waals surface area (Å²) in [6, 6.07) is 0. The Bertz CT molecular complexity index is 1980. The molecule has 612 valence electrons. The van der Waals surface area contributed by atoms with E-state index in [1.807, 2.05) is 0 Å². The first-order valence-electron chi connectivity index (χ1n) is 43.5. The third kappa shape index (κ3) is 78.0. The van der Waals surface area contributed by atoms with Gasteiger partial charge < -0.3 is 33.8 Å². The second-order valence-electron chi connectivity index (χ2n) is 31.2. The molecule has 0 fully saturated rings. The SMILES string of the molecule is CCCCCCCCCCCCCCCCCCCCC(=O)OC[C@H](COP(=O)(O)OC[C@@H](O)COP(=O)(O)OC[C@@H](COC(=O)CCCCCCCCCCCCCCC)OC(=O)CCCCCCCCCCCCCC(C)C)OC(=O)CCCCCCCCCCCCCCCCCC(C)C. The molecule has 0 amide bonds. The Morgan fingerprint density at radius 3 is 0.660 bits per heavy atom. The zero-order valence-electron chi connectivity index (χ0n) is 67.6. The number of hydrogen-bond donors (Lipinski definition) is 3. The van der Waals surface area contributed by atoms with Crippen molar-refractivity contribution in [3.8, 4) is 0 Å². The average Bonchev–Trinajstić information content (AvgIpc) is 0.921. The summed E-state index contributed by atoms with van der Waals surface area (Å²) in [5, 5.41) is 10.7. The first-order valence-corrected chi connectivity index (χ1v) is 46.5. The van der Waals surface area contributed by atoms with Gasteiger partial charge in [0.2, 0.25) is 0 Å². The third-order valence-electron chi connectivity index (χ3n) is 19.7. The van der Waals surface area contributed by atoms with Crippen LogP contribution in [-0.4, -0.2) is 96.7 Å². The molecule has 103 heavy (non-hydrogen) atoms. The number of carbonyl (C=O) groups excluding carboxylic acids is 4. The van der Waals surface area contributed by atoms with Gasteiger partial charge in [-0.05, 0) is 37.5 Å². The summed E-state index contributed by atoms with van der Waals surface area (Å²) >= 11 is 0. The maximum atomic E-state index is 13.1. The highest BCUT2D eigenvalue weighted by atomic mass is 31.2. The Morgan fingerprint density at radius 1 is 0.262 bits per heavy atom. The largest absolute Gasteiger partial charge is 0.472 e. The fraction of sp³-hybridized carbons (Fsp3) is 0.952. The summed E-state index contributed by atoms with van der Waals surface area (Å²) in [6.07, 6.45) is 66.5. The molecule has 0 bridgehead atoms. The Kier molecular flexibility index (Phi) is 74.1. The second kappa shape index (κ2) is 75.5. The summed E-state index contributed by atoms with van der Waals surface area (Å²) in [6.45, 7) is 9.69. The van der Waals surface area contributed by atoms with Crippen LogP contribution in [0.2, 0.25) is 0 Å². The van der Waals surface area contributed by atoms with Crippen LogP contribution in [0.4, 0.5) is 0 Å².